The maximum Gasteiger partial charge on any atom is 0.0606 e. The topological polar surface area (TPSA) is 24.9 Å². The Bertz CT molecular complexity index is 718. The van der Waals surface area contributed by atoms with Crippen molar-refractivity contribution in [3.63, 3.8) is 0 Å². The molecular weight excluding hydrogens is 264 g/mol. The molecule has 0 saturated carbocycles. The normalized spacial score (nSPS) is 12.7. The molecule has 0 aliphatic rings. The van der Waals surface area contributed by atoms with E-state index in [0.717, 1.165) is 6.54 Å². The van der Waals surface area contributed by atoms with Crippen molar-refractivity contribution in [1.29, 1.82) is 0 Å². The van der Waals surface area contributed by atoms with E-state index in [2.05, 4.69) is 59.9 Å². The van der Waals surface area contributed by atoms with Gasteiger partial charge in [-0.3, -0.25) is 4.98 Å². The van der Waals surface area contributed by atoms with Crippen LogP contribution in [0.2, 0.25) is 0 Å². The largest absolute Gasteiger partial charge is 0.306 e. The minimum absolute atomic E-state index is 0.212. The molecule has 1 aromatic carbocycles. The SMILES string of the molecule is CCNC(c1cncc(C)c1)c1csc2ccccc12. The monoisotopic (exact) mass is 282 g/mol. The van der Waals surface area contributed by atoms with Gasteiger partial charge in [-0.2, -0.15) is 0 Å². The van der Waals surface area contributed by atoms with E-state index < -0.39 is 0 Å². The highest BCUT2D eigenvalue weighted by Crippen LogP contribution is 2.33. The Kier molecular flexibility index (Phi) is 3.81. The number of aromatic nitrogens is 1. The van der Waals surface area contributed by atoms with Gasteiger partial charge < -0.3 is 5.32 Å². The molecule has 2 nitrogen and oxygen atoms in total. The number of rotatable bonds is 4. The molecule has 1 atom stereocenters. The highest BCUT2D eigenvalue weighted by atomic mass is 32.1. The van der Waals surface area contributed by atoms with Crippen LogP contribution in [0.5, 0.6) is 0 Å². The van der Waals surface area contributed by atoms with Gasteiger partial charge in [-0.15, -0.1) is 11.3 Å². The third kappa shape index (κ3) is 2.47. The third-order valence-corrected chi connectivity index (χ3v) is 4.44. The fourth-order valence-electron chi connectivity index (χ4n) is 2.57. The van der Waals surface area contributed by atoms with Gasteiger partial charge in [-0.25, -0.2) is 0 Å². The molecule has 2 heterocycles. The van der Waals surface area contributed by atoms with Crippen LogP contribution in [0.1, 0.15) is 29.7 Å². The Morgan fingerprint density at radius 3 is 2.90 bits per heavy atom. The summed E-state index contributed by atoms with van der Waals surface area (Å²) in [6.07, 6.45) is 3.87. The fourth-order valence-corrected chi connectivity index (χ4v) is 3.56. The lowest BCUT2D eigenvalue weighted by Crippen LogP contribution is -2.22. The van der Waals surface area contributed by atoms with Gasteiger partial charge in [0.1, 0.15) is 0 Å². The molecule has 0 fully saturated rings. The molecule has 0 spiro atoms. The van der Waals surface area contributed by atoms with Crippen LogP contribution in [-0.2, 0) is 0 Å². The van der Waals surface area contributed by atoms with Gasteiger partial charge in [0.2, 0.25) is 0 Å². The van der Waals surface area contributed by atoms with Gasteiger partial charge in [-0.1, -0.05) is 31.2 Å². The van der Waals surface area contributed by atoms with Crippen molar-refractivity contribution in [3.05, 3.63) is 64.8 Å². The van der Waals surface area contributed by atoms with Crippen molar-refractivity contribution in [2.75, 3.05) is 6.54 Å². The molecule has 0 amide bonds. The molecule has 0 aliphatic heterocycles. The van der Waals surface area contributed by atoms with Crippen LogP contribution in [0.4, 0.5) is 0 Å². The first kappa shape index (κ1) is 13.3. The zero-order valence-electron chi connectivity index (χ0n) is 11.8. The van der Waals surface area contributed by atoms with E-state index in [1.807, 2.05) is 12.4 Å². The number of nitrogens with one attached hydrogen (secondary N) is 1. The van der Waals surface area contributed by atoms with Crippen molar-refractivity contribution in [2.45, 2.75) is 19.9 Å². The maximum absolute atomic E-state index is 4.34. The standard InChI is InChI=1S/C17H18N2S/c1-3-19-17(13-8-12(2)9-18-10-13)15-11-20-16-7-5-4-6-14(15)16/h4-11,17,19H,3H2,1-2H3. The molecule has 0 radical (unpaired) electrons. The quantitative estimate of drug-likeness (QED) is 0.771. The van der Waals surface area contributed by atoms with Crippen LogP contribution in [0.15, 0.2) is 48.1 Å². The lowest BCUT2D eigenvalue weighted by molar-refractivity contribution is 0.633. The van der Waals surface area contributed by atoms with Crippen LogP contribution in [0.3, 0.4) is 0 Å². The second-order valence-corrected chi connectivity index (χ2v) is 5.88. The summed E-state index contributed by atoms with van der Waals surface area (Å²) in [4.78, 5) is 4.34. The van der Waals surface area contributed by atoms with Gasteiger partial charge in [0, 0.05) is 17.1 Å². The molecule has 2 aromatic heterocycles. The highest BCUT2D eigenvalue weighted by molar-refractivity contribution is 7.17. The average molecular weight is 282 g/mol. The number of fused-ring (bicyclic) bond motifs is 1. The molecule has 1 unspecified atom stereocenters. The molecule has 0 aliphatic carbocycles. The number of benzene rings is 1. The summed E-state index contributed by atoms with van der Waals surface area (Å²) in [5.74, 6) is 0. The number of aryl methyl sites for hydroxylation is 1. The molecular formula is C17H18N2S. The van der Waals surface area contributed by atoms with E-state index >= 15 is 0 Å². The van der Waals surface area contributed by atoms with Crippen molar-refractivity contribution in [2.24, 2.45) is 0 Å². The minimum Gasteiger partial charge on any atom is -0.306 e. The van der Waals surface area contributed by atoms with E-state index in [0.29, 0.717) is 0 Å². The van der Waals surface area contributed by atoms with E-state index in [1.54, 1.807) is 11.3 Å². The summed E-state index contributed by atoms with van der Waals surface area (Å²) in [6, 6.07) is 11.0. The predicted octanol–water partition coefficient (Wildman–Crippen LogP) is 4.30. The molecule has 3 heteroatoms. The van der Waals surface area contributed by atoms with E-state index in [9.17, 15) is 0 Å². The van der Waals surface area contributed by atoms with Gasteiger partial charge in [0.05, 0.1) is 6.04 Å². The van der Waals surface area contributed by atoms with E-state index in [-0.39, 0.29) is 6.04 Å². The first-order valence-electron chi connectivity index (χ1n) is 6.90. The first-order valence-corrected chi connectivity index (χ1v) is 7.78. The Morgan fingerprint density at radius 2 is 2.10 bits per heavy atom. The number of nitrogens with zero attached hydrogens (tertiary/aromatic N) is 1. The van der Waals surface area contributed by atoms with Gasteiger partial charge >= 0.3 is 0 Å². The lowest BCUT2D eigenvalue weighted by atomic mass is 9.98. The summed E-state index contributed by atoms with van der Waals surface area (Å²) in [6.45, 7) is 5.17. The summed E-state index contributed by atoms with van der Waals surface area (Å²) in [7, 11) is 0. The molecule has 20 heavy (non-hydrogen) atoms. The van der Waals surface area contributed by atoms with Gasteiger partial charge in [0.15, 0.2) is 0 Å². The van der Waals surface area contributed by atoms with Crippen molar-refractivity contribution >= 4 is 21.4 Å². The van der Waals surface area contributed by atoms with Crippen LogP contribution in [0, 0.1) is 6.92 Å². The molecule has 102 valence electrons. The van der Waals surface area contributed by atoms with Crippen LogP contribution < -0.4 is 5.32 Å². The van der Waals surface area contributed by atoms with Crippen LogP contribution >= 0.6 is 11.3 Å². The first-order chi connectivity index (χ1) is 9.79. The number of hydrogen-bond donors (Lipinski definition) is 1. The smallest absolute Gasteiger partial charge is 0.0606 e. The van der Waals surface area contributed by atoms with E-state index in [4.69, 9.17) is 0 Å². The van der Waals surface area contributed by atoms with Gasteiger partial charge in [0.25, 0.3) is 0 Å². The summed E-state index contributed by atoms with van der Waals surface area (Å²) in [5.41, 5.74) is 3.78. The average Bonchev–Trinajstić information content (AvgIpc) is 2.88. The molecule has 0 saturated heterocycles. The fraction of sp³-hybridized carbons (Fsp3) is 0.235. The van der Waals surface area contributed by atoms with Gasteiger partial charge in [-0.05, 0) is 47.0 Å². The molecule has 3 aromatic rings. The summed E-state index contributed by atoms with van der Waals surface area (Å²) in [5, 5.41) is 7.19. The number of pyridine rings is 1. The summed E-state index contributed by atoms with van der Waals surface area (Å²) < 4.78 is 1.34. The van der Waals surface area contributed by atoms with Crippen molar-refractivity contribution < 1.29 is 0 Å². The second kappa shape index (κ2) is 5.73. The number of thiophene rings is 1. The lowest BCUT2D eigenvalue weighted by Gasteiger charge is -2.18. The van der Waals surface area contributed by atoms with E-state index in [1.165, 1.54) is 26.8 Å². The minimum atomic E-state index is 0.212. The maximum atomic E-state index is 4.34. The molecule has 3 rings (SSSR count). The van der Waals surface area contributed by atoms with Crippen LogP contribution in [0.25, 0.3) is 10.1 Å². The predicted molar refractivity (Wildman–Crippen MR) is 86.3 cm³/mol. The van der Waals surface area contributed by atoms with Crippen molar-refractivity contribution in [1.82, 2.24) is 10.3 Å². The molecule has 1 N–H and O–H groups in total. The Hall–Kier alpha value is -1.71. The Balaban J connectivity index is 2.11. The Labute approximate surface area is 123 Å². The van der Waals surface area contributed by atoms with Crippen LogP contribution in [-0.4, -0.2) is 11.5 Å². The molecule has 0 bridgehead atoms. The number of hydrogen-bond acceptors (Lipinski definition) is 3. The second-order valence-electron chi connectivity index (χ2n) is 4.97. The Morgan fingerprint density at radius 1 is 1.25 bits per heavy atom. The van der Waals surface area contributed by atoms with Crippen molar-refractivity contribution in [3.8, 4) is 0 Å². The third-order valence-electron chi connectivity index (χ3n) is 3.46. The zero-order valence-corrected chi connectivity index (χ0v) is 12.6. The zero-order chi connectivity index (χ0) is 13.9. The highest BCUT2D eigenvalue weighted by Gasteiger charge is 2.17. The summed E-state index contributed by atoms with van der Waals surface area (Å²) >= 11 is 1.81.